The Balaban J connectivity index is 0.00000180. The van der Waals surface area contributed by atoms with Crippen LogP contribution in [0.5, 0.6) is 0 Å². The van der Waals surface area contributed by atoms with Crippen molar-refractivity contribution in [3.63, 3.8) is 0 Å². The largest absolute Gasteiger partial charge is 0.122 e. The minimum absolute atomic E-state index is 0. The van der Waals surface area contributed by atoms with Gasteiger partial charge in [-0.2, -0.15) is 0 Å². The van der Waals surface area contributed by atoms with Crippen molar-refractivity contribution in [1.29, 1.82) is 0 Å². The Kier molecular flexibility index (Phi) is 5.88. The van der Waals surface area contributed by atoms with E-state index in [0.717, 1.165) is 6.42 Å². The summed E-state index contributed by atoms with van der Waals surface area (Å²) >= 11 is 6.66. The van der Waals surface area contributed by atoms with E-state index in [1.54, 1.807) is 0 Å². The highest BCUT2D eigenvalue weighted by Crippen LogP contribution is 2.47. The zero-order chi connectivity index (χ0) is 13.2. The van der Waals surface area contributed by atoms with Crippen molar-refractivity contribution in [3.05, 3.63) is 41.5 Å². The fourth-order valence-electron chi connectivity index (χ4n) is 2.85. The summed E-state index contributed by atoms with van der Waals surface area (Å²) in [5.74, 6) is 0.452. The second-order valence-electron chi connectivity index (χ2n) is 5.90. The molecule has 0 nitrogen and oxygen atoms in total. The van der Waals surface area contributed by atoms with E-state index in [-0.39, 0.29) is 21.8 Å². The van der Waals surface area contributed by atoms with Crippen molar-refractivity contribution in [2.45, 2.75) is 51.3 Å². The Hall–Kier alpha value is -0.533. The van der Waals surface area contributed by atoms with Crippen LogP contribution in [0.25, 0.3) is 6.08 Å². The maximum absolute atomic E-state index is 6.66. The normalized spacial score (nSPS) is 18.8. The van der Waals surface area contributed by atoms with Crippen molar-refractivity contribution in [2.24, 2.45) is 5.41 Å². The van der Waals surface area contributed by atoms with Crippen LogP contribution >= 0.6 is 11.6 Å². The second kappa shape index (κ2) is 6.76. The minimum atomic E-state index is 0. The van der Waals surface area contributed by atoms with Gasteiger partial charge >= 0.3 is 0 Å². The Morgan fingerprint density at radius 2 is 1.95 bits per heavy atom. The predicted octanol–water partition coefficient (Wildman–Crippen LogP) is 5.24. The third-order valence-corrected chi connectivity index (χ3v) is 5.00. The summed E-state index contributed by atoms with van der Waals surface area (Å²) < 4.78 is 0. The molecule has 0 fully saturated rings. The van der Waals surface area contributed by atoms with Gasteiger partial charge in [0.25, 0.3) is 0 Å². The van der Waals surface area contributed by atoms with Gasteiger partial charge in [-0.15, -0.1) is 11.6 Å². The third kappa shape index (κ3) is 3.32. The zero-order valence-corrected chi connectivity index (χ0v) is 13.9. The smallest absolute Gasteiger partial charge is 0.0395 e. The molecule has 1 aromatic rings. The molecule has 19 heavy (non-hydrogen) atoms. The van der Waals surface area contributed by atoms with Crippen molar-refractivity contribution in [3.8, 4) is 0 Å². The molecule has 1 aliphatic carbocycles. The van der Waals surface area contributed by atoms with E-state index in [0.29, 0.717) is 5.92 Å². The van der Waals surface area contributed by atoms with Crippen LogP contribution in [0.4, 0.5) is 0 Å². The Bertz CT molecular complexity index is 437. The lowest BCUT2D eigenvalue weighted by molar-refractivity contribution is 0.295. The highest BCUT2D eigenvalue weighted by Gasteiger charge is 2.37. The monoisotopic (exact) mass is 290 g/mol. The van der Waals surface area contributed by atoms with Crippen molar-refractivity contribution < 1.29 is 0 Å². The van der Waals surface area contributed by atoms with E-state index in [1.165, 1.54) is 24.0 Å². The van der Waals surface area contributed by atoms with E-state index in [2.05, 4.69) is 57.2 Å². The molecule has 0 saturated heterocycles. The lowest BCUT2D eigenvalue weighted by Crippen LogP contribution is -2.30. The quantitative estimate of drug-likeness (QED) is 0.514. The van der Waals surface area contributed by atoms with E-state index in [1.807, 2.05) is 0 Å². The minimum Gasteiger partial charge on any atom is -0.122 e. The first-order valence-electron chi connectivity index (χ1n) is 6.98. The number of benzene rings is 1. The van der Waals surface area contributed by atoms with Gasteiger partial charge in [-0.3, -0.25) is 0 Å². The molecule has 0 amide bonds. The summed E-state index contributed by atoms with van der Waals surface area (Å²) in [6.45, 7) is 6.83. The average Bonchev–Trinajstić information content (AvgIpc) is 2.80. The Labute approximate surface area is 127 Å². The molecule has 0 spiro atoms. The summed E-state index contributed by atoms with van der Waals surface area (Å²) in [6.07, 6.45) is 8.11. The predicted molar refractivity (Wildman–Crippen MR) is 86.9 cm³/mol. The van der Waals surface area contributed by atoms with Crippen LogP contribution in [0.2, 0.25) is 0 Å². The lowest BCUT2D eigenvalue weighted by atomic mass is 9.72. The van der Waals surface area contributed by atoms with Crippen molar-refractivity contribution in [2.75, 3.05) is 0 Å². The number of allylic oxidation sites excluding steroid dienone is 1. The molecule has 2 atom stereocenters. The number of alkyl halides is 1. The molecule has 1 aromatic carbocycles. The van der Waals surface area contributed by atoms with Gasteiger partial charge in [0.15, 0.2) is 0 Å². The topological polar surface area (TPSA) is 0 Å². The number of rotatable bonds is 5. The molecule has 2 unspecified atom stereocenters. The van der Waals surface area contributed by atoms with E-state index in [9.17, 15) is 0 Å². The average molecular weight is 291 g/mol. The molecule has 0 N–H and O–H groups in total. The molecule has 0 aromatic heterocycles. The summed E-state index contributed by atoms with van der Waals surface area (Å²) in [4.78, 5) is 0. The Morgan fingerprint density at radius 1 is 1.26 bits per heavy atom. The first-order chi connectivity index (χ1) is 8.57. The van der Waals surface area contributed by atoms with E-state index < -0.39 is 0 Å². The number of hydrogen-bond acceptors (Lipinski definition) is 0. The van der Waals surface area contributed by atoms with Crippen molar-refractivity contribution >= 4 is 28.6 Å². The maximum atomic E-state index is 6.66. The fourth-order valence-corrected chi connectivity index (χ4v) is 3.14. The molecule has 1 aliphatic rings. The summed E-state index contributed by atoms with van der Waals surface area (Å²) in [6, 6.07) is 8.67. The molecule has 0 aliphatic heterocycles. The number of halogens is 1. The molecule has 102 valence electrons. The highest BCUT2D eigenvalue weighted by molar-refractivity contribution is 6.21. The molecule has 2 rings (SSSR count). The summed E-state index contributed by atoms with van der Waals surface area (Å²) in [5.41, 5.74) is 2.90. The fraction of sp³-hybridized carbons (Fsp3) is 0.529. The molecule has 0 saturated carbocycles. The van der Waals surface area contributed by atoms with Gasteiger partial charge in [0.1, 0.15) is 0 Å². The molecule has 2 heteroatoms. The van der Waals surface area contributed by atoms with Crippen molar-refractivity contribution in [1.82, 2.24) is 0 Å². The molecule has 0 heterocycles. The SMILES string of the molecule is CCCCC(Cl)C(C)(C)C1C=Cc2ccccc21.[Si]. The van der Waals surface area contributed by atoms with Crippen LogP contribution in [-0.4, -0.2) is 16.3 Å². The molecule has 0 bridgehead atoms. The zero-order valence-electron chi connectivity index (χ0n) is 12.1. The first kappa shape index (κ1) is 16.5. The van der Waals surface area contributed by atoms with Gasteiger partial charge in [0.05, 0.1) is 0 Å². The van der Waals surface area contributed by atoms with Crippen LogP contribution in [0.3, 0.4) is 0 Å². The van der Waals surface area contributed by atoms with Crippen LogP contribution in [0.15, 0.2) is 30.3 Å². The first-order valence-corrected chi connectivity index (χ1v) is 7.42. The molecule has 4 radical (unpaired) electrons. The van der Waals surface area contributed by atoms with E-state index >= 15 is 0 Å². The van der Waals surface area contributed by atoms with Gasteiger partial charge in [0, 0.05) is 22.3 Å². The van der Waals surface area contributed by atoms with Crippen LogP contribution in [0.1, 0.15) is 57.1 Å². The highest BCUT2D eigenvalue weighted by atomic mass is 35.5. The number of unbranched alkanes of at least 4 members (excludes halogenated alkanes) is 1. The lowest BCUT2D eigenvalue weighted by Gasteiger charge is -2.36. The van der Waals surface area contributed by atoms with Crippen LogP contribution < -0.4 is 0 Å². The summed E-state index contributed by atoms with van der Waals surface area (Å²) in [5, 5.41) is 0.234. The van der Waals surface area contributed by atoms with Gasteiger partial charge in [0.2, 0.25) is 0 Å². The summed E-state index contributed by atoms with van der Waals surface area (Å²) in [7, 11) is 0. The number of hydrogen-bond donors (Lipinski definition) is 0. The van der Waals surface area contributed by atoms with Gasteiger partial charge in [-0.1, -0.05) is 70.0 Å². The van der Waals surface area contributed by atoms with Gasteiger partial charge in [-0.05, 0) is 23.0 Å². The number of fused-ring (bicyclic) bond motifs is 1. The van der Waals surface area contributed by atoms with Crippen LogP contribution in [-0.2, 0) is 0 Å². The Morgan fingerprint density at radius 3 is 2.63 bits per heavy atom. The molecular weight excluding hydrogens is 268 g/mol. The standard InChI is InChI=1S/C17H23Cl.Si/c1-4-5-10-16(18)17(2,3)15-12-11-13-8-6-7-9-14(13)15;/h6-9,11-12,15-16H,4-5,10H2,1-3H3;. The third-order valence-electron chi connectivity index (χ3n) is 4.22. The van der Waals surface area contributed by atoms with Gasteiger partial charge in [-0.25, -0.2) is 0 Å². The second-order valence-corrected chi connectivity index (χ2v) is 6.42. The van der Waals surface area contributed by atoms with Crippen LogP contribution in [0, 0.1) is 5.41 Å². The maximum Gasteiger partial charge on any atom is 0.0395 e. The van der Waals surface area contributed by atoms with E-state index in [4.69, 9.17) is 11.6 Å². The molecular formula is C17H23ClSi. The van der Waals surface area contributed by atoms with Gasteiger partial charge < -0.3 is 0 Å².